The van der Waals surface area contributed by atoms with Crippen LogP contribution in [0.2, 0.25) is 0 Å². The quantitative estimate of drug-likeness (QED) is 0.788. The van der Waals surface area contributed by atoms with E-state index in [0.717, 1.165) is 17.6 Å². The van der Waals surface area contributed by atoms with Crippen molar-refractivity contribution >= 4 is 17.0 Å². The third kappa shape index (κ3) is 2.01. The maximum Gasteiger partial charge on any atom is 0.237 e. The van der Waals surface area contributed by atoms with E-state index >= 15 is 0 Å². The molecule has 1 fully saturated rings. The first-order valence-electron chi connectivity index (χ1n) is 5.68. The molecule has 0 radical (unpaired) electrons. The number of nitrogens with zero attached hydrogens (tertiary/aromatic N) is 1. The van der Waals surface area contributed by atoms with Crippen LogP contribution in [0.25, 0.3) is 11.1 Å². The van der Waals surface area contributed by atoms with Gasteiger partial charge in [0.05, 0.1) is 6.04 Å². The highest BCUT2D eigenvalue weighted by atomic mass is 16.3. The highest BCUT2D eigenvalue weighted by Crippen LogP contribution is 2.15. The van der Waals surface area contributed by atoms with Gasteiger partial charge in [-0.25, -0.2) is 4.98 Å². The van der Waals surface area contributed by atoms with Crippen LogP contribution in [-0.4, -0.2) is 30.0 Å². The summed E-state index contributed by atoms with van der Waals surface area (Å²) in [7, 11) is 0. The van der Waals surface area contributed by atoms with Gasteiger partial charge in [0.25, 0.3) is 0 Å². The molecule has 0 unspecified atom stereocenters. The van der Waals surface area contributed by atoms with Gasteiger partial charge in [-0.1, -0.05) is 12.1 Å². The van der Waals surface area contributed by atoms with E-state index in [1.54, 1.807) is 0 Å². The third-order valence-electron chi connectivity index (χ3n) is 2.85. The first-order valence-corrected chi connectivity index (χ1v) is 5.68. The molecule has 1 aliphatic heterocycles. The SMILES string of the molecule is O=C1NCCN[C@@H]1Cc1nc2ccccc2o1. The van der Waals surface area contributed by atoms with Crippen LogP contribution in [0, 0.1) is 0 Å². The molecule has 1 amide bonds. The molecule has 0 spiro atoms. The number of carbonyl (C=O) groups is 1. The first-order chi connectivity index (χ1) is 8.33. The van der Waals surface area contributed by atoms with Crippen LogP contribution in [0.15, 0.2) is 28.7 Å². The molecule has 0 saturated carbocycles. The van der Waals surface area contributed by atoms with Crippen LogP contribution >= 0.6 is 0 Å². The Bertz CT molecular complexity index is 516. The Balaban J connectivity index is 1.82. The monoisotopic (exact) mass is 231 g/mol. The van der Waals surface area contributed by atoms with Crippen LogP contribution in [0.4, 0.5) is 0 Å². The summed E-state index contributed by atoms with van der Waals surface area (Å²) < 4.78 is 5.59. The molecule has 88 valence electrons. The number of hydrogen-bond donors (Lipinski definition) is 2. The molecule has 5 nitrogen and oxygen atoms in total. The lowest BCUT2D eigenvalue weighted by Gasteiger charge is -2.22. The second kappa shape index (κ2) is 4.18. The van der Waals surface area contributed by atoms with Gasteiger partial charge < -0.3 is 15.1 Å². The van der Waals surface area contributed by atoms with Gasteiger partial charge in [-0.05, 0) is 12.1 Å². The number of oxazole rings is 1. The molecular weight excluding hydrogens is 218 g/mol. The van der Waals surface area contributed by atoms with Crippen molar-refractivity contribution in [3.8, 4) is 0 Å². The number of piperazine rings is 1. The maximum atomic E-state index is 11.6. The zero-order valence-electron chi connectivity index (χ0n) is 9.27. The summed E-state index contributed by atoms with van der Waals surface area (Å²) in [5.74, 6) is 0.610. The molecule has 2 aromatic rings. The van der Waals surface area contributed by atoms with Crippen molar-refractivity contribution in [2.75, 3.05) is 13.1 Å². The zero-order valence-corrected chi connectivity index (χ0v) is 9.27. The number of amides is 1. The van der Waals surface area contributed by atoms with Crippen LogP contribution < -0.4 is 10.6 Å². The number of fused-ring (bicyclic) bond motifs is 1. The van der Waals surface area contributed by atoms with Crippen molar-refractivity contribution in [3.63, 3.8) is 0 Å². The number of hydrogen-bond acceptors (Lipinski definition) is 4. The molecule has 1 aliphatic rings. The number of nitrogens with one attached hydrogen (secondary N) is 2. The van der Waals surface area contributed by atoms with Crippen LogP contribution in [0.3, 0.4) is 0 Å². The topological polar surface area (TPSA) is 67.2 Å². The van der Waals surface area contributed by atoms with E-state index in [1.807, 2.05) is 24.3 Å². The van der Waals surface area contributed by atoms with Crippen LogP contribution in [0.1, 0.15) is 5.89 Å². The second-order valence-corrected chi connectivity index (χ2v) is 4.08. The van der Waals surface area contributed by atoms with E-state index in [9.17, 15) is 4.79 Å². The van der Waals surface area contributed by atoms with Gasteiger partial charge in [-0.3, -0.25) is 4.79 Å². The van der Waals surface area contributed by atoms with Gasteiger partial charge >= 0.3 is 0 Å². The predicted octanol–water partition coefficient (Wildman–Crippen LogP) is 0.458. The lowest BCUT2D eigenvalue weighted by Crippen LogP contribution is -2.53. The van der Waals surface area contributed by atoms with Crippen molar-refractivity contribution in [1.29, 1.82) is 0 Å². The fourth-order valence-electron chi connectivity index (χ4n) is 1.99. The molecule has 17 heavy (non-hydrogen) atoms. The number of carbonyl (C=O) groups excluding carboxylic acids is 1. The molecule has 3 rings (SSSR count). The molecule has 5 heteroatoms. The number of aromatic nitrogens is 1. The Morgan fingerprint density at radius 3 is 3.06 bits per heavy atom. The second-order valence-electron chi connectivity index (χ2n) is 4.08. The van der Waals surface area contributed by atoms with Gasteiger partial charge in [0.1, 0.15) is 5.52 Å². The third-order valence-corrected chi connectivity index (χ3v) is 2.85. The standard InChI is InChI=1S/C12H13N3O2/c16-12-9(13-5-6-14-12)7-11-15-8-3-1-2-4-10(8)17-11/h1-4,9,13H,5-7H2,(H,14,16)/t9-/m1/s1. The van der Waals surface area contributed by atoms with Crippen LogP contribution in [0.5, 0.6) is 0 Å². The number of benzene rings is 1. The normalized spacial score (nSPS) is 20.5. The van der Waals surface area contributed by atoms with E-state index < -0.39 is 0 Å². The number of rotatable bonds is 2. The summed E-state index contributed by atoms with van der Waals surface area (Å²) in [6.45, 7) is 1.47. The molecule has 0 bridgehead atoms. The Labute approximate surface area is 98.2 Å². The highest BCUT2D eigenvalue weighted by Gasteiger charge is 2.23. The van der Waals surface area contributed by atoms with Gasteiger partial charge in [0, 0.05) is 19.5 Å². The minimum Gasteiger partial charge on any atom is -0.441 e. The van der Waals surface area contributed by atoms with Crippen molar-refractivity contribution in [2.24, 2.45) is 0 Å². The summed E-state index contributed by atoms with van der Waals surface area (Å²) in [6.07, 6.45) is 0.487. The fourth-order valence-corrected chi connectivity index (χ4v) is 1.99. The summed E-state index contributed by atoms with van der Waals surface area (Å²) in [4.78, 5) is 15.9. The van der Waals surface area contributed by atoms with Crippen LogP contribution in [-0.2, 0) is 11.2 Å². The van der Waals surface area contributed by atoms with E-state index in [1.165, 1.54) is 0 Å². The Morgan fingerprint density at radius 1 is 1.35 bits per heavy atom. The van der Waals surface area contributed by atoms with E-state index in [4.69, 9.17) is 4.42 Å². The average molecular weight is 231 g/mol. The molecule has 0 aliphatic carbocycles. The highest BCUT2D eigenvalue weighted by molar-refractivity contribution is 5.82. The van der Waals surface area contributed by atoms with E-state index in [0.29, 0.717) is 18.9 Å². The Hall–Kier alpha value is -1.88. The van der Waals surface area contributed by atoms with Crippen molar-refractivity contribution < 1.29 is 9.21 Å². The number of para-hydroxylation sites is 2. The molecular formula is C12H13N3O2. The molecule has 1 saturated heterocycles. The fraction of sp³-hybridized carbons (Fsp3) is 0.333. The molecule has 1 aromatic carbocycles. The predicted molar refractivity (Wildman–Crippen MR) is 62.5 cm³/mol. The Kier molecular flexibility index (Phi) is 2.53. The lowest BCUT2D eigenvalue weighted by molar-refractivity contribution is -0.124. The van der Waals surface area contributed by atoms with Crippen molar-refractivity contribution in [2.45, 2.75) is 12.5 Å². The largest absolute Gasteiger partial charge is 0.441 e. The van der Waals surface area contributed by atoms with Crippen molar-refractivity contribution in [1.82, 2.24) is 15.6 Å². The summed E-state index contributed by atoms with van der Waals surface area (Å²) in [5.41, 5.74) is 1.59. The van der Waals surface area contributed by atoms with Gasteiger partial charge in [0.2, 0.25) is 5.91 Å². The summed E-state index contributed by atoms with van der Waals surface area (Å²) in [5, 5.41) is 5.96. The first kappa shape index (κ1) is 10.3. The Morgan fingerprint density at radius 2 is 2.24 bits per heavy atom. The van der Waals surface area contributed by atoms with E-state index in [-0.39, 0.29) is 11.9 Å². The average Bonchev–Trinajstić information content (AvgIpc) is 2.74. The molecule has 1 atom stereocenters. The zero-order chi connectivity index (χ0) is 11.7. The van der Waals surface area contributed by atoms with E-state index in [2.05, 4.69) is 15.6 Å². The smallest absolute Gasteiger partial charge is 0.237 e. The van der Waals surface area contributed by atoms with Gasteiger partial charge in [0.15, 0.2) is 11.5 Å². The minimum absolute atomic E-state index is 0.0125. The summed E-state index contributed by atoms with van der Waals surface area (Å²) in [6, 6.07) is 7.36. The molecule has 2 heterocycles. The lowest BCUT2D eigenvalue weighted by atomic mass is 10.1. The summed E-state index contributed by atoms with van der Waals surface area (Å²) >= 11 is 0. The van der Waals surface area contributed by atoms with Gasteiger partial charge in [-0.15, -0.1) is 0 Å². The molecule has 2 N–H and O–H groups in total. The minimum atomic E-state index is -0.239. The molecule has 1 aromatic heterocycles. The van der Waals surface area contributed by atoms with Crippen molar-refractivity contribution in [3.05, 3.63) is 30.2 Å². The van der Waals surface area contributed by atoms with Gasteiger partial charge in [-0.2, -0.15) is 0 Å². The maximum absolute atomic E-state index is 11.6.